The fourth-order valence-electron chi connectivity index (χ4n) is 2.30. The van der Waals surface area contributed by atoms with Gasteiger partial charge in [-0.1, -0.05) is 42.5 Å². The Bertz CT molecular complexity index is 345. The number of benzene rings is 1. The number of aliphatic hydroxyl groups excluding tert-OH is 2. The van der Waals surface area contributed by atoms with Gasteiger partial charge >= 0.3 is 0 Å². The molecule has 0 radical (unpaired) electrons. The van der Waals surface area contributed by atoms with E-state index in [4.69, 9.17) is 5.11 Å². The van der Waals surface area contributed by atoms with Crippen LogP contribution in [-0.4, -0.2) is 22.9 Å². The highest BCUT2D eigenvalue weighted by atomic mass is 16.3. The van der Waals surface area contributed by atoms with Gasteiger partial charge in [0.05, 0.1) is 6.10 Å². The molecule has 1 aliphatic carbocycles. The van der Waals surface area contributed by atoms with Crippen LogP contribution in [0.15, 0.2) is 42.5 Å². The number of hydrogen-bond donors (Lipinski definition) is 2. The van der Waals surface area contributed by atoms with E-state index in [0.29, 0.717) is 12.3 Å². The van der Waals surface area contributed by atoms with Crippen LogP contribution < -0.4 is 0 Å². The number of hydrogen-bond acceptors (Lipinski definition) is 2. The first-order chi connectivity index (χ1) is 7.81. The van der Waals surface area contributed by atoms with Crippen LogP contribution in [0.4, 0.5) is 0 Å². The van der Waals surface area contributed by atoms with Gasteiger partial charge < -0.3 is 10.2 Å². The van der Waals surface area contributed by atoms with Crippen molar-refractivity contribution in [2.75, 3.05) is 6.61 Å². The highest BCUT2D eigenvalue weighted by molar-refractivity contribution is 5.25. The molecule has 1 unspecified atom stereocenters. The molecule has 0 bridgehead atoms. The van der Waals surface area contributed by atoms with Gasteiger partial charge in [-0.25, -0.2) is 0 Å². The van der Waals surface area contributed by atoms with Gasteiger partial charge in [0.2, 0.25) is 0 Å². The molecule has 0 aliphatic heterocycles. The molecule has 0 aromatic heterocycles. The molecule has 2 heteroatoms. The summed E-state index contributed by atoms with van der Waals surface area (Å²) in [4.78, 5) is 0. The molecule has 1 aromatic rings. The summed E-state index contributed by atoms with van der Waals surface area (Å²) in [5, 5.41) is 18.8. The first-order valence-electron chi connectivity index (χ1n) is 5.83. The largest absolute Gasteiger partial charge is 0.396 e. The smallest absolute Gasteiger partial charge is 0.0612 e. The van der Waals surface area contributed by atoms with E-state index < -0.39 is 0 Å². The van der Waals surface area contributed by atoms with Crippen molar-refractivity contribution in [2.45, 2.75) is 24.9 Å². The van der Waals surface area contributed by atoms with E-state index >= 15 is 0 Å². The average Bonchev–Trinajstić information content (AvgIpc) is 2.33. The number of allylic oxidation sites excluding steroid dienone is 1. The van der Waals surface area contributed by atoms with Gasteiger partial charge in [-0.05, 0) is 18.4 Å². The minimum atomic E-state index is -0.331. The lowest BCUT2D eigenvalue weighted by Gasteiger charge is -2.28. The summed E-state index contributed by atoms with van der Waals surface area (Å²) < 4.78 is 0. The minimum Gasteiger partial charge on any atom is -0.396 e. The third-order valence-electron chi connectivity index (χ3n) is 3.27. The van der Waals surface area contributed by atoms with Crippen molar-refractivity contribution in [3.63, 3.8) is 0 Å². The van der Waals surface area contributed by atoms with Crippen LogP contribution in [0.2, 0.25) is 0 Å². The summed E-state index contributed by atoms with van der Waals surface area (Å²) in [5.74, 6) is 0.427. The molecule has 3 atom stereocenters. The molecule has 0 amide bonds. The van der Waals surface area contributed by atoms with Gasteiger partial charge in [0.15, 0.2) is 0 Å². The maximum atomic E-state index is 9.97. The minimum absolute atomic E-state index is 0.116. The third kappa shape index (κ3) is 2.52. The highest BCUT2D eigenvalue weighted by Crippen LogP contribution is 2.31. The Morgan fingerprint density at radius 3 is 2.50 bits per heavy atom. The summed E-state index contributed by atoms with van der Waals surface area (Å²) in [6.07, 6.45) is 5.27. The molecular formula is C14H18O2. The van der Waals surface area contributed by atoms with E-state index in [9.17, 15) is 5.11 Å². The molecule has 2 nitrogen and oxygen atoms in total. The Balaban J connectivity index is 2.08. The zero-order valence-corrected chi connectivity index (χ0v) is 9.29. The van der Waals surface area contributed by atoms with Crippen LogP contribution >= 0.6 is 0 Å². The van der Waals surface area contributed by atoms with Crippen LogP contribution in [0.25, 0.3) is 0 Å². The van der Waals surface area contributed by atoms with E-state index in [-0.39, 0.29) is 18.6 Å². The predicted octanol–water partition coefficient (Wildman–Crippen LogP) is 2.09. The van der Waals surface area contributed by atoms with Crippen LogP contribution in [0.3, 0.4) is 0 Å². The molecule has 0 heterocycles. The van der Waals surface area contributed by atoms with Gasteiger partial charge in [0.25, 0.3) is 0 Å². The van der Waals surface area contributed by atoms with Gasteiger partial charge in [0, 0.05) is 18.4 Å². The maximum absolute atomic E-state index is 9.97. The molecule has 86 valence electrons. The van der Waals surface area contributed by atoms with Crippen LogP contribution in [-0.2, 0) is 0 Å². The average molecular weight is 218 g/mol. The van der Waals surface area contributed by atoms with Crippen molar-refractivity contribution in [3.8, 4) is 0 Å². The summed E-state index contributed by atoms with van der Waals surface area (Å²) in [6, 6.07) is 10.2. The Hall–Kier alpha value is -1.12. The Labute approximate surface area is 96.2 Å². The molecule has 1 aromatic carbocycles. The molecular weight excluding hydrogens is 200 g/mol. The second-order valence-corrected chi connectivity index (χ2v) is 4.38. The zero-order chi connectivity index (χ0) is 11.4. The first-order valence-corrected chi connectivity index (χ1v) is 5.83. The van der Waals surface area contributed by atoms with Gasteiger partial charge in [-0.2, -0.15) is 0 Å². The summed E-state index contributed by atoms with van der Waals surface area (Å²) in [6.45, 7) is 0.141. The lowest BCUT2D eigenvalue weighted by atomic mass is 9.81. The molecule has 0 saturated carbocycles. The van der Waals surface area contributed by atoms with Crippen LogP contribution in [0, 0.1) is 5.92 Å². The van der Waals surface area contributed by atoms with Crippen molar-refractivity contribution >= 4 is 0 Å². The molecule has 0 fully saturated rings. The maximum Gasteiger partial charge on any atom is 0.0612 e. The normalized spacial score (nSPS) is 29.2. The summed E-state index contributed by atoms with van der Waals surface area (Å²) >= 11 is 0. The standard InChI is InChI=1S/C14H18O2/c15-9-8-12-6-7-13(10-14(12)16)11-4-2-1-3-5-11/h1-7,12-16H,8-10H2/t12-,13-,14?/m1/s1. The molecule has 2 rings (SSSR count). The van der Waals surface area contributed by atoms with Crippen molar-refractivity contribution in [1.82, 2.24) is 0 Å². The van der Waals surface area contributed by atoms with E-state index in [2.05, 4.69) is 18.2 Å². The van der Waals surface area contributed by atoms with E-state index in [1.807, 2.05) is 24.3 Å². The molecule has 1 aliphatic rings. The Kier molecular flexibility index (Phi) is 3.75. The van der Waals surface area contributed by atoms with Crippen molar-refractivity contribution in [2.24, 2.45) is 5.92 Å². The van der Waals surface area contributed by atoms with Gasteiger partial charge in [-0.15, -0.1) is 0 Å². The molecule has 2 N–H and O–H groups in total. The van der Waals surface area contributed by atoms with Gasteiger partial charge in [0.1, 0.15) is 0 Å². The fraction of sp³-hybridized carbons (Fsp3) is 0.429. The van der Waals surface area contributed by atoms with E-state index in [0.717, 1.165) is 6.42 Å². The Morgan fingerprint density at radius 1 is 1.12 bits per heavy atom. The topological polar surface area (TPSA) is 40.5 Å². The second-order valence-electron chi connectivity index (χ2n) is 4.38. The molecule has 16 heavy (non-hydrogen) atoms. The number of aliphatic hydroxyl groups is 2. The lowest BCUT2D eigenvalue weighted by molar-refractivity contribution is 0.0948. The summed E-state index contributed by atoms with van der Waals surface area (Å²) in [5.41, 5.74) is 1.25. The van der Waals surface area contributed by atoms with E-state index in [1.54, 1.807) is 0 Å². The van der Waals surface area contributed by atoms with Crippen molar-refractivity contribution in [1.29, 1.82) is 0 Å². The quantitative estimate of drug-likeness (QED) is 0.763. The van der Waals surface area contributed by atoms with Crippen LogP contribution in [0.1, 0.15) is 24.3 Å². The highest BCUT2D eigenvalue weighted by Gasteiger charge is 2.24. The lowest BCUT2D eigenvalue weighted by Crippen LogP contribution is -2.25. The fourth-order valence-corrected chi connectivity index (χ4v) is 2.30. The second kappa shape index (κ2) is 5.28. The first kappa shape index (κ1) is 11.4. The molecule has 0 saturated heterocycles. The predicted molar refractivity (Wildman–Crippen MR) is 64.1 cm³/mol. The Morgan fingerprint density at radius 2 is 1.88 bits per heavy atom. The van der Waals surface area contributed by atoms with E-state index in [1.165, 1.54) is 5.56 Å². The van der Waals surface area contributed by atoms with Crippen molar-refractivity contribution in [3.05, 3.63) is 48.0 Å². The van der Waals surface area contributed by atoms with Gasteiger partial charge in [-0.3, -0.25) is 0 Å². The van der Waals surface area contributed by atoms with Crippen LogP contribution in [0.5, 0.6) is 0 Å². The molecule has 0 spiro atoms. The zero-order valence-electron chi connectivity index (χ0n) is 9.29. The SMILES string of the molecule is OCC[C@H]1C=C[C@@H](c2ccccc2)CC1O. The number of rotatable bonds is 3. The summed E-state index contributed by atoms with van der Waals surface area (Å²) in [7, 11) is 0. The third-order valence-corrected chi connectivity index (χ3v) is 3.27. The van der Waals surface area contributed by atoms with Crippen molar-refractivity contribution < 1.29 is 10.2 Å². The monoisotopic (exact) mass is 218 g/mol.